The molecule has 0 bridgehead atoms. The van der Waals surface area contributed by atoms with Gasteiger partial charge in [-0.1, -0.05) is 12.8 Å². The zero-order valence-corrected chi connectivity index (χ0v) is 11.3. The summed E-state index contributed by atoms with van der Waals surface area (Å²) in [6, 6.07) is 0. The Morgan fingerprint density at radius 1 is 1.21 bits per heavy atom. The molecule has 1 aliphatic heterocycles. The Morgan fingerprint density at radius 2 is 2.00 bits per heavy atom. The van der Waals surface area contributed by atoms with Crippen molar-refractivity contribution in [1.29, 1.82) is 0 Å². The van der Waals surface area contributed by atoms with E-state index in [4.69, 9.17) is 5.11 Å². The molecule has 1 saturated heterocycles. The fraction of sp³-hybridized carbons (Fsp3) is 0.857. The molecular formula is C14H23NO4. The Bertz CT molecular complexity index is 357. The average Bonchev–Trinajstić information content (AvgIpc) is 2.37. The van der Waals surface area contributed by atoms with E-state index in [-0.39, 0.29) is 18.2 Å². The molecule has 0 aromatic rings. The summed E-state index contributed by atoms with van der Waals surface area (Å²) in [7, 11) is 0. The van der Waals surface area contributed by atoms with Crippen LogP contribution in [0, 0.1) is 5.92 Å². The lowest BCUT2D eigenvalue weighted by atomic mass is 9.71. The second kappa shape index (κ2) is 5.90. The van der Waals surface area contributed by atoms with E-state index in [1.54, 1.807) is 0 Å². The number of likely N-dealkylation sites (tertiary alicyclic amines) is 1. The number of nitrogens with zero attached hydrogens (tertiary/aromatic N) is 1. The normalized spacial score (nSPS) is 30.8. The summed E-state index contributed by atoms with van der Waals surface area (Å²) in [6.07, 6.45) is 5.49. The Balaban J connectivity index is 1.83. The van der Waals surface area contributed by atoms with E-state index in [1.807, 2.05) is 4.90 Å². The molecule has 5 heteroatoms. The van der Waals surface area contributed by atoms with Gasteiger partial charge in [0.05, 0.1) is 5.60 Å². The summed E-state index contributed by atoms with van der Waals surface area (Å²) in [5, 5.41) is 19.1. The van der Waals surface area contributed by atoms with Crippen LogP contribution in [0.1, 0.15) is 51.4 Å². The molecule has 0 spiro atoms. The molecule has 5 nitrogen and oxygen atoms in total. The van der Waals surface area contributed by atoms with E-state index in [0.717, 1.165) is 25.7 Å². The highest BCUT2D eigenvalue weighted by Gasteiger charge is 2.43. The third kappa shape index (κ3) is 3.47. The number of carboxylic acids is 1. The van der Waals surface area contributed by atoms with Gasteiger partial charge in [0.2, 0.25) is 5.91 Å². The summed E-state index contributed by atoms with van der Waals surface area (Å²) >= 11 is 0. The number of fused-ring (bicyclic) bond motifs is 1. The lowest BCUT2D eigenvalue weighted by molar-refractivity contribution is -0.143. The predicted octanol–water partition coefficient (Wildman–Crippen LogP) is 1.39. The van der Waals surface area contributed by atoms with Crippen molar-refractivity contribution in [1.82, 2.24) is 4.90 Å². The predicted molar refractivity (Wildman–Crippen MR) is 69.6 cm³/mol. The van der Waals surface area contributed by atoms with Gasteiger partial charge in [-0.3, -0.25) is 9.59 Å². The molecule has 2 unspecified atom stereocenters. The lowest BCUT2D eigenvalue weighted by Crippen LogP contribution is -2.54. The minimum absolute atomic E-state index is 0.0360. The first-order valence-electron chi connectivity index (χ1n) is 7.23. The number of hydrogen-bond acceptors (Lipinski definition) is 3. The molecule has 2 rings (SSSR count). The highest BCUT2D eigenvalue weighted by molar-refractivity contribution is 5.77. The van der Waals surface area contributed by atoms with Crippen LogP contribution in [0.2, 0.25) is 0 Å². The van der Waals surface area contributed by atoms with Gasteiger partial charge in [0.1, 0.15) is 0 Å². The number of carbonyl (C=O) groups excluding carboxylic acids is 1. The second-order valence-electron chi connectivity index (χ2n) is 5.88. The van der Waals surface area contributed by atoms with Gasteiger partial charge in [-0.15, -0.1) is 0 Å². The Hall–Kier alpha value is -1.10. The Labute approximate surface area is 113 Å². The molecule has 2 N–H and O–H groups in total. The standard InChI is InChI=1S/C14H23NO4/c16-12(5-3-6-13(17)18)15-9-8-14(19)7-2-1-4-11(14)10-15/h11,19H,1-10H2,(H,17,18). The first-order valence-corrected chi connectivity index (χ1v) is 7.23. The van der Waals surface area contributed by atoms with Crippen LogP contribution in [-0.4, -0.2) is 45.7 Å². The van der Waals surface area contributed by atoms with Gasteiger partial charge in [-0.25, -0.2) is 0 Å². The molecule has 1 amide bonds. The van der Waals surface area contributed by atoms with Crippen molar-refractivity contribution >= 4 is 11.9 Å². The SMILES string of the molecule is O=C(O)CCCC(=O)N1CCC2(O)CCCCC2C1. The van der Waals surface area contributed by atoms with E-state index in [1.165, 1.54) is 0 Å². The highest BCUT2D eigenvalue weighted by atomic mass is 16.4. The van der Waals surface area contributed by atoms with Crippen LogP contribution in [0.15, 0.2) is 0 Å². The van der Waals surface area contributed by atoms with E-state index >= 15 is 0 Å². The van der Waals surface area contributed by atoms with Gasteiger partial charge in [-0.2, -0.15) is 0 Å². The molecule has 2 aliphatic rings. The van der Waals surface area contributed by atoms with Crippen LogP contribution in [0.5, 0.6) is 0 Å². The quantitative estimate of drug-likeness (QED) is 0.808. The first kappa shape index (κ1) is 14.3. The number of hydrogen-bond donors (Lipinski definition) is 2. The summed E-state index contributed by atoms with van der Waals surface area (Å²) in [6.45, 7) is 1.25. The van der Waals surface area contributed by atoms with E-state index < -0.39 is 11.6 Å². The number of aliphatic hydroxyl groups is 1. The minimum atomic E-state index is -0.854. The molecule has 108 valence electrons. The Morgan fingerprint density at radius 3 is 2.74 bits per heavy atom. The first-order chi connectivity index (χ1) is 9.01. The van der Waals surface area contributed by atoms with Crippen molar-refractivity contribution in [2.45, 2.75) is 57.0 Å². The van der Waals surface area contributed by atoms with Crippen molar-refractivity contribution in [3.05, 3.63) is 0 Å². The van der Waals surface area contributed by atoms with Crippen molar-refractivity contribution in [3.63, 3.8) is 0 Å². The molecule has 19 heavy (non-hydrogen) atoms. The number of carbonyl (C=O) groups is 2. The van der Waals surface area contributed by atoms with Crippen LogP contribution >= 0.6 is 0 Å². The van der Waals surface area contributed by atoms with Crippen molar-refractivity contribution in [2.75, 3.05) is 13.1 Å². The number of aliphatic carboxylic acids is 1. The van der Waals surface area contributed by atoms with E-state index in [2.05, 4.69) is 0 Å². The number of rotatable bonds is 4. The van der Waals surface area contributed by atoms with Crippen LogP contribution in [-0.2, 0) is 9.59 Å². The summed E-state index contributed by atoms with van der Waals surface area (Å²) in [5.41, 5.74) is -0.559. The molecule has 2 atom stereocenters. The van der Waals surface area contributed by atoms with Crippen LogP contribution in [0.3, 0.4) is 0 Å². The molecule has 1 heterocycles. The third-order valence-electron chi connectivity index (χ3n) is 4.56. The molecule has 1 saturated carbocycles. The molecular weight excluding hydrogens is 246 g/mol. The van der Waals surface area contributed by atoms with Crippen molar-refractivity contribution in [2.24, 2.45) is 5.92 Å². The number of carboxylic acid groups (broad SMARTS) is 1. The fourth-order valence-electron chi connectivity index (χ4n) is 3.35. The van der Waals surface area contributed by atoms with Crippen molar-refractivity contribution < 1.29 is 19.8 Å². The molecule has 0 aromatic heterocycles. The second-order valence-corrected chi connectivity index (χ2v) is 5.88. The largest absolute Gasteiger partial charge is 0.481 e. The molecule has 0 radical (unpaired) electrons. The number of amides is 1. The highest BCUT2D eigenvalue weighted by Crippen LogP contribution is 2.39. The molecule has 2 fully saturated rings. The summed E-state index contributed by atoms with van der Waals surface area (Å²) < 4.78 is 0. The summed E-state index contributed by atoms with van der Waals surface area (Å²) in [5.74, 6) is -0.611. The van der Waals surface area contributed by atoms with Crippen molar-refractivity contribution in [3.8, 4) is 0 Å². The maximum atomic E-state index is 12.0. The zero-order chi connectivity index (χ0) is 13.9. The van der Waals surface area contributed by atoms with Gasteiger partial charge < -0.3 is 15.1 Å². The maximum absolute atomic E-state index is 12.0. The van der Waals surface area contributed by atoms with E-state index in [0.29, 0.717) is 32.4 Å². The maximum Gasteiger partial charge on any atom is 0.303 e. The summed E-state index contributed by atoms with van der Waals surface area (Å²) in [4.78, 5) is 24.3. The van der Waals surface area contributed by atoms with Crippen LogP contribution in [0.4, 0.5) is 0 Å². The average molecular weight is 269 g/mol. The van der Waals surface area contributed by atoms with Gasteiger partial charge in [-0.05, 0) is 25.7 Å². The Kier molecular flexibility index (Phi) is 4.45. The van der Waals surface area contributed by atoms with E-state index in [9.17, 15) is 14.7 Å². The fourth-order valence-corrected chi connectivity index (χ4v) is 3.35. The van der Waals surface area contributed by atoms with Gasteiger partial charge >= 0.3 is 5.97 Å². The van der Waals surface area contributed by atoms with Crippen LogP contribution < -0.4 is 0 Å². The monoisotopic (exact) mass is 269 g/mol. The molecule has 0 aromatic carbocycles. The number of piperidine rings is 1. The zero-order valence-electron chi connectivity index (χ0n) is 11.3. The topological polar surface area (TPSA) is 77.8 Å². The van der Waals surface area contributed by atoms with Gasteiger partial charge in [0, 0.05) is 31.8 Å². The van der Waals surface area contributed by atoms with Gasteiger partial charge in [0.15, 0.2) is 0 Å². The van der Waals surface area contributed by atoms with Crippen LogP contribution in [0.25, 0.3) is 0 Å². The smallest absolute Gasteiger partial charge is 0.303 e. The third-order valence-corrected chi connectivity index (χ3v) is 4.56. The van der Waals surface area contributed by atoms with Gasteiger partial charge in [0.25, 0.3) is 0 Å². The minimum Gasteiger partial charge on any atom is -0.481 e. The lowest BCUT2D eigenvalue weighted by Gasteiger charge is -2.47. The molecule has 1 aliphatic carbocycles.